The van der Waals surface area contributed by atoms with E-state index >= 15 is 0 Å². The summed E-state index contributed by atoms with van der Waals surface area (Å²) in [5.41, 5.74) is 0.899. The van der Waals surface area contributed by atoms with E-state index in [1.165, 1.54) is 4.90 Å². The Labute approximate surface area is 140 Å². The van der Waals surface area contributed by atoms with E-state index in [1.54, 1.807) is 6.92 Å². The molecule has 1 unspecified atom stereocenters. The minimum atomic E-state index is -1.14. The molecule has 0 bridgehead atoms. The van der Waals surface area contributed by atoms with Crippen molar-refractivity contribution in [3.05, 3.63) is 35.9 Å². The summed E-state index contributed by atoms with van der Waals surface area (Å²) < 4.78 is 5.35. The monoisotopic (exact) mass is 343 g/mol. The van der Waals surface area contributed by atoms with Crippen molar-refractivity contribution >= 4 is 35.1 Å². The van der Waals surface area contributed by atoms with E-state index in [0.29, 0.717) is 0 Å². The topological polar surface area (TPSA) is 46.6 Å². The summed E-state index contributed by atoms with van der Waals surface area (Å²) in [6, 6.07) is 8.75. The second-order valence-electron chi connectivity index (χ2n) is 5.41. The van der Waals surface area contributed by atoms with Gasteiger partial charge in [0.1, 0.15) is 6.61 Å². The van der Waals surface area contributed by atoms with Gasteiger partial charge in [0.2, 0.25) is 0 Å². The first kappa shape index (κ1) is 17.1. The van der Waals surface area contributed by atoms with Gasteiger partial charge >= 0.3 is 6.09 Å². The zero-order valence-electron chi connectivity index (χ0n) is 12.4. The summed E-state index contributed by atoms with van der Waals surface area (Å²) >= 11 is 11.3. The molecule has 1 saturated carbocycles. The molecule has 120 valence electrons. The van der Waals surface area contributed by atoms with E-state index in [-0.39, 0.29) is 18.4 Å². The largest absolute Gasteiger partial charge is 0.445 e. The summed E-state index contributed by atoms with van der Waals surface area (Å²) in [6.45, 7) is 1.82. The fourth-order valence-electron chi connectivity index (χ4n) is 2.40. The molecule has 1 aromatic carbocycles. The Morgan fingerprint density at radius 1 is 1.27 bits per heavy atom. The average Bonchev–Trinajstić information content (AvgIpc) is 2.47. The molecular weight excluding hydrogens is 325 g/mol. The van der Waals surface area contributed by atoms with E-state index in [0.717, 1.165) is 24.8 Å². The summed E-state index contributed by atoms with van der Waals surface area (Å²) in [7, 11) is 0. The van der Waals surface area contributed by atoms with Crippen LogP contribution in [0.4, 0.5) is 4.79 Å². The second kappa shape index (κ2) is 7.84. The molecule has 1 atom stereocenters. The van der Waals surface area contributed by atoms with Gasteiger partial charge < -0.3 is 4.74 Å². The van der Waals surface area contributed by atoms with Gasteiger partial charge in [0.15, 0.2) is 10.6 Å². The standard InChI is InChI=1S/C16H19Cl2NO3/c1-11(14(20)15(17)18)19(13-8-5-9-13)16(21)22-10-12-6-3-2-4-7-12/h2-4,6-7,11,13,15H,5,8-10H2,1H3. The van der Waals surface area contributed by atoms with Crippen LogP contribution in [0, 0.1) is 0 Å². The van der Waals surface area contributed by atoms with Gasteiger partial charge in [-0.2, -0.15) is 0 Å². The number of carbonyl (C=O) groups excluding carboxylic acids is 2. The smallest absolute Gasteiger partial charge is 0.410 e. The molecule has 1 aliphatic carbocycles. The van der Waals surface area contributed by atoms with Crippen LogP contribution in [0.5, 0.6) is 0 Å². The van der Waals surface area contributed by atoms with Gasteiger partial charge in [0.25, 0.3) is 0 Å². The Morgan fingerprint density at radius 2 is 1.91 bits per heavy atom. The van der Waals surface area contributed by atoms with Gasteiger partial charge in [0.05, 0.1) is 6.04 Å². The van der Waals surface area contributed by atoms with Crippen molar-refractivity contribution in [2.45, 2.75) is 49.7 Å². The van der Waals surface area contributed by atoms with Crippen LogP contribution in [0.2, 0.25) is 0 Å². The highest BCUT2D eigenvalue weighted by Crippen LogP contribution is 2.28. The van der Waals surface area contributed by atoms with Gasteiger partial charge in [-0.15, -0.1) is 0 Å². The van der Waals surface area contributed by atoms with Gasteiger partial charge in [-0.3, -0.25) is 9.69 Å². The van der Waals surface area contributed by atoms with E-state index in [2.05, 4.69) is 0 Å². The van der Waals surface area contributed by atoms with E-state index in [9.17, 15) is 9.59 Å². The molecule has 0 N–H and O–H groups in total. The number of halogens is 2. The minimum absolute atomic E-state index is 0.0225. The van der Waals surface area contributed by atoms with Gasteiger partial charge in [-0.05, 0) is 31.7 Å². The molecule has 0 aromatic heterocycles. The maximum absolute atomic E-state index is 12.4. The molecular formula is C16H19Cl2NO3. The third kappa shape index (κ3) is 4.14. The average molecular weight is 344 g/mol. The fraction of sp³-hybridized carbons (Fsp3) is 0.500. The van der Waals surface area contributed by atoms with E-state index in [4.69, 9.17) is 27.9 Å². The molecule has 22 heavy (non-hydrogen) atoms. The molecule has 1 aromatic rings. The minimum Gasteiger partial charge on any atom is -0.445 e. The van der Waals surface area contributed by atoms with Crippen molar-refractivity contribution in [2.24, 2.45) is 0 Å². The van der Waals surface area contributed by atoms with Crippen LogP contribution in [0.3, 0.4) is 0 Å². The number of amides is 1. The highest BCUT2D eigenvalue weighted by molar-refractivity contribution is 6.54. The molecule has 0 spiro atoms. The summed E-state index contributed by atoms with van der Waals surface area (Å²) in [6.07, 6.45) is 2.28. The highest BCUT2D eigenvalue weighted by Gasteiger charge is 2.37. The molecule has 6 heteroatoms. The number of alkyl halides is 2. The van der Waals surface area contributed by atoms with Crippen LogP contribution in [0.15, 0.2) is 30.3 Å². The Balaban J connectivity index is 2.01. The molecule has 0 aliphatic heterocycles. The zero-order chi connectivity index (χ0) is 16.1. The SMILES string of the molecule is CC(C(=O)C(Cl)Cl)N(C(=O)OCc1ccccc1)C1CCC1. The quantitative estimate of drug-likeness (QED) is 0.735. The number of ether oxygens (including phenoxy) is 1. The Hall–Kier alpha value is -1.26. The van der Waals surface area contributed by atoms with E-state index in [1.807, 2.05) is 30.3 Å². The lowest BCUT2D eigenvalue weighted by Gasteiger charge is -2.40. The van der Waals surface area contributed by atoms with Crippen molar-refractivity contribution in [2.75, 3.05) is 0 Å². The first-order chi connectivity index (χ1) is 10.5. The Bertz CT molecular complexity index is 517. The van der Waals surface area contributed by atoms with Crippen molar-refractivity contribution in [3.8, 4) is 0 Å². The molecule has 0 heterocycles. The molecule has 0 saturated heterocycles. The Kier molecular flexibility index (Phi) is 6.09. The van der Waals surface area contributed by atoms with Crippen LogP contribution in [0.25, 0.3) is 0 Å². The van der Waals surface area contributed by atoms with Crippen LogP contribution in [0.1, 0.15) is 31.7 Å². The zero-order valence-corrected chi connectivity index (χ0v) is 13.9. The second-order valence-corrected chi connectivity index (χ2v) is 6.51. The number of hydrogen-bond acceptors (Lipinski definition) is 3. The van der Waals surface area contributed by atoms with Crippen LogP contribution < -0.4 is 0 Å². The third-order valence-corrected chi connectivity index (χ3v) is 4.36. The van der Waals surface area contributed by atoms with Gasteiger partial charge in [0, 0.05) is 6.04 Å². The van der Waals surface area contributed by atoms with Crippen molar-refractivity contribution in [1.82, 2.24) is 4.90 Å². The van der Waals surface area contributed by atoms with Gasteiger partial charge in [-0.25, -0.2) is 4.79 Å². The number of nitrogens with zero attached hydrogens (tertiary/aromatic N) is 1. The molecule has 2 rings (SSSR count). The van der Waals surface area contributed by atoms with Crippen LogP contribution >= 0.6 is 23.2 Å². The third-order valence-electron chi connectivity index (χ3n) is 3.93. The number of Topliss-reactive ketones (excluding diaryl/α,β-unsaturated/α-hetero) is 1. The first-order valence-corrected chi connectivity index (χ1v) is 8.19. The lowest BCUT2D eigenvalue weighted by molar-refractivity contribution is -0.123. The van der Waals surface area contributed by atoms with Crippen molar-refractivity contribution in [3.63, 3.8) is 0 Å². The summed E-state index contributed by atoms with van der Waals surface area (Å²) in [4.78, 5) is 24.7. The molecule has 1 amide bonds. The summed E-state index contributed by atoms with van der Waals surface area (Å²) in [5, 5.41) is 0. The molecule has 0 radical (unpaired) electrons. The number of ketones is 1. The maximum Gasteiger partial charge on any atom is 0.410 e. The molecule has 4 nitrogen and oxygen atoms in total. The van der Waals surface area contributed by atoms with Crippen LogP contribution in [-0.2, 0) is 16.1 Å². The van der Waals surface area contributed by atoms with Gasteiger partial charge in [-0.1, -0.05) is 53.5 Å². The van der Waals surface area contributed by atoms with Crippen molar-refractivity contribution in [1.29, 1.82) is 0 Å². The number of carbonyl (C=O) groups is 2. The first-order valence-electron chi connectivity index (χ1n) is 7.31. The normalized spacial score (nSPS) is 16.0. The van der Waals surface area contributed by atoms with Crippen molar-refractivity contribution < 1.29 is 14.3 Å². The lowest BCUT2D eigenvalue weighted by Crippen LogP contribution is -2.53. The maximum atomic E-state index is 12.4. The Morgan fingerprint density at radius 3 is 2.41 bits per heavy atom. The van der Waals surface area contributed by atoms with Crippen LogP contribution in [-0.4, -0.2) is 33.7 Å². The highest BCUT2D eigenvalue weighted by atomic mass is 35.5. The predicted octanol–water partition coefficient (Wildman–Crippen LogP) is 3.94. The number of rotatable bonds is 6. The lowest BCUT2D eigenvalue weighted by atomic mass is 9.90. The number of hydrogen-bond donors (Lipinski definition) is 0. The van der Waals surface area contributed by atoms with E-state index < -0.39 is 17.0 Å². The number of benzene rings is 1. The fourth-order valence-corrected chi connectivity index (χ4v) is 2.77. The molecule has 1 fully saturated rings. The molecule has 1 aliphatic rings. The predicted molar refractivity (Wildman–Crippen MR) is 86.1 cm³/mol. The summed E-state index contributed by atoms with van der Waals surface area (Å²) in [5.74, 6) is -0.383.